The fourth-order valence-corrected chi connectivity index (χ4v) is 6.07. The molecule has 206 valence electrons. The molecule has 2 aromatic carbocycles. The van der Waals surface area contributed by atoms with Crippen LogP contribution in [-0.2, 0) is 12.4 Å². The summed E-state index contributed by atoms with van der Waals surface area (Å²) in [6, 6.07) is 10.4. The van der Waals surface area contributed by atoms with E-state index >= 15 is 0 Å². The second kappa shape index (κ2) is 10.4. The molecule has 3 unspecified atom stereocenters. The molecule has 4 heterocycles. The number of aromatic nitrogens is 1. The number of fused-ring (bicyclic) bond motifs is 4. The van der Waals surface area contributed by atoms with Crippen molar-refractivity contribution in [2.45, 2.75) is 37.3 Å². The third-order valence-electron chi connectivity index (χ3n) is 7.69. The maximum absolute atomic E-state index is 13.4. The van der Waals surface area contributed by atoms with Crippen molar-refractivity contribution in [3.8, 4) is 0 Å². The van der Waals surface area contributed by atoms with Crippen molar-refractivity contribution in [2.24, 2.45) is 11.8 Å². The fourth-order valence-electron chi connectivity index (χ4n) is 5.83. The van der Waals surface area contributed by atoms with E-state index in [9.17, 15) is 26.3 Å². The monoisotopic (exact) mass is 564 g/mol. The van der Waals surface area contributed by atoms with Gasteiger partial charge in [0.15, 0.2) is 5.11 Å². The summed E-state index contributed by atoms with van der Waals surface area (Å²) in [4.78, 5) is 6.79. The summed E-state index contributed by atoms with van der Waals surface area (Å²) in [6.45, 7) is 5.68. The summed E-state index contributed by atoms with van der Waals surface area (Å²) >= 11 is 5.47. The highest BCUT2D eigenvalue weighted by atomic mass is 32.1. The molecule has 3 aromatic rings. The van der Waals surface area contributed by atoms with Crippen molar-refractivity contribution < 1.29 is 26.3 Å². The molecule has 0 saturated carbocycles. The highest BCUT2D eigenvalue weighted by Gasteiger charge is 2.43. The van der Waals surface area contributed by atoms with Gasteiger partial charge in [-0.25, -0.2) is 0 Å². The smallest absolute Gasteiger partial charge is 0.354 e. The Kier molecular flexibility index (Phi) is 7.32. The van der Waals surface area contributed by atoms with Gasteiger partial charge in [0.05, 0.1) is 22.7 Å². The summed E-state index contributed by atoms with van der Waals surface area (Å²) in [5.74, 6) is 0.787. The van der Waals surface area contributed by atoms with E-state index < -0.39 is 29.2 Å². The van der Waals surface area contributed by atoms with Crippen LogP contribution in [0, 0.1) is 11.8 Å². The molecule has 39 heavy (non-hydrogen) atoms. The highest BCUT2D eigenvalue weighted by molar-refractivity contribution is 7.80. The Morgan fingerprint density at radius 3 is 2.36 bits per heavy atom. The van der Waals surface area contributed by atoms with Crippen LogP contribution in [-0.4, -0.2) is 34.1 Å². The number of rotatable bonds is 5. The quantitative estimate of drug-likeness (QED) is 0.195. The lowest BCUT2D eigenvalue weighted by molar-refractivity contribution is -0.143. The minimum Gasteiger partial charge on any atom is -0.354 e. The normalized spacial score (nSPS) is 23.8. The minimum absolute atomic E-state index is 0.00208. The van der Waals surface area contributed by atoms with Crippen molar-refractivity contribution in [3.63, 3.8) is 0 Å². The fraction of sp³-hybridized carbons (Fsp3) is 0.357. The van der Waals surface area contributed by atoms with Crippen molar-refractivity contribution in [1.82, 2.24) is 15.2 Å². The number of anilines is 1. The number of hydrogen-bond acceptors (Lipinski definition) is 3. The van der Waals surface area contributed by atoms with Crippen LogP contribution in [0.25, 0.3) is 10.9 Å². The third-order valence-corrected chi connectivity index (χ3v) is 7.91. The molecule has 3 aliphatic rings. The number of hydrogen-bond donors (Lipinski definition) is 2. The van der Waals surface area contributed by atoms with Gasteiger partial charge in [0.2, 0.25) is 0 Å². The Bertz CT molecular complexity index is 1350. The molecule has 0 spiro atoms. The van der Waals surface area contributed by atoms with Crippen LogP contribution < -0.4 is 10.6 Å². The van der Waals surface area contributed by atoms with E-state index in [0.29, 0.717) is 24.0 Å². The summed E-state index contributed by atoms with van der Waals surface area (Å²) in [6.07, 6.45) is -4.37. The lowest BCUT2D eigenvalue weighted by Crippen LogP contribution is -2.57. The Morgan fingerprint density at radius 2 is 1.74 bits per heavy atom. The molecular formula is C28H26F6N4S. The second-order valence-corrected chi connectivity index (χ2v) is 10.4. The second-order valence-electron chi connectivity index (χ2n) is 10.0. The molecule has 3 fully saturated rings. The van der Waals surface area contributed by atoms with Crippen molar-refractivity contribution in [2.75, 3.05) is 18.4 Å². The number of benzene rings is 2. The minimum atomic E-state index is -4.96. The Labute approximate surface area is 227 Å². The number of pyridine rings is 1. The van der Waals surface area contributed by atoms with Gasteiger partial charge in [0.25, 0.3) is 0 Å². The summed E-state index contributed by atoms with van der Waals surface area (Å²) in [5.41, 5.74) is -1.55. The van der Waals surface area contributed by atoms with Crippen LogP contribution in [0.1, 0.15) is 35.6 Å². The molecule has 2 bridgehead atoms. The van der Waals surface area contributed by atoms with E-state index in [-0.39, 0.29) is 23.3 Å². The molecule has 0 radical (unpaired) electrons. The molecule has 2 N–H and O–H groups in total. The lowest BCUT2D eigenvalue weighted by Gasteiger charge is -2.52. The van der Waals surface area contributed by atoms with Gasteiger partial charge in [0, 0.05) is 29.9 Å². The molecule has 3 saturated heterocycles. The number of nitrogens with zero attached hydrogens (tertiary/aromatic N) is 2. The molecule has 0 amide bonds. The van der Waals surface area contributed by atoms with Crippen molar-refractivity contribution in [1.29, 1.82) is 0 Å². The van der Waals surface area contributed by atoms with Crippen LogP contribution in [0.5, 0.6) is 0 Å². The van der Waals surface area contributed by atoms with Crippen molar-refractivity contribution in [3.05, 3.63) is 84.1 Å². The van der Waals surface area contributed by atoms with Crippen LogP contribution >= 0.6 is 12.2 Å². The predicted molar refractivity (Wildman–Crippen MR) is 142 cm³/mol. The first-order valence-corrected chi connectivity index (χ1v) is 12.9. The van der Waals surface area contributed by atoms with Crippen LogP contribution in [0.3, 0.4) is 0 Å². The summed E-state index contributed by atoms with van der Waals surface area (Å²) in [5, 5.41) is 6.65. The summed E-state index contributed by atoms with van der Waals surface area (Å²) < 4.78 is 80.3. The highest BCUT2D eigenvalue weighted by Crippen LogP contribution is 2.42. The topological polar surface area (TPSA) is 40.2 Å². The maximum Gasteiger partial charge on any atom is 0.416 e. The van der Waals surface area contributed by atoms with E-state index in [1.165, 1.54) is 0 Å². The van der Waals surface area contributed by atoms with Gasteiger partial charge >= 0.3 is 12.4 Å². The van der Waals surface area contributed by atoms with Crippen LogP contribution in [0.4, 0.5) is 32.0 Å². The predicted octanol–water partition coefficient (Wildman–Crippen LogP) is 7.20. The van der Waals surface area contributed by atoms with Crippen molar-refractivity contribution >= 4 is 33.9 Å². The lowest BCUT2D eigenvalue weighted by atomic mass is 9.73. The summed E-state index contributed by atoms with van der Waals surface area (Å²) in [7, 11) is 0. The van der Waals surface area contributed by atoms with Gasteiger partial charge in [0.1, 0.15) is 0 Å². The van der Waals surface area contributed by atoms with Crippen LogP contribution in [0.15, 0.2) is 67.4 Å². The van der Waals surface area contributed by atoms with E-state index in [2.05, 4.69) is 27.1 Å². The van der Waals surface area contributed by atoms with E-state index in [1.807, 2.05) is 36.4 Å². The van der Waals surface area contributed by atoms with Gasteiger partial charge in [-0.05, 0) is 79.3 Å². The van der Waals surface area contributed by atoms with Gasteiger partial charge in [-0.2, -0.15) is 26.3 Å². The number of nitrogens with one attached hydrogen (secondary N) is 2. The van der Waals surface area contributed by atoms with Gasteiger partial charge < -0.3 is 10.6 Å². The number of alkyl halides is 6. The zero-order valence-corrected chi connectivity index (χ0v) is 21.5. The van der Waals surface area contributed by atoms with Crippen LogP contribution in [0.2, 0.25) is 0 Å². The van der Waals surface area contributed by atoms with Gasteiger partial charge in [-0.1, -0.05) is 24.3 Å². The molecule has 6 rings (SSSR count). The Hall–Kier alpha value is -3.18. The Balaban J connectivity index is 1.48. The number of thiocarbonyl (C=S) groups is 1. The molecule has 3 aliphatic heterocycles. The SMILES string of the molecule is C=C[C@@H]1CN2CCC1C[C@H]2C(NC(=S)Nc1cc(C(F)(F)F)cc(C(F)(F)F)c1)c1ccnc2ccccc12. The molecule has 11 heteroatoms. The van der Waals surface area contributed by atoms with E-state index in [1.54, 1.807) is 6.20 Å². The van der Waals surface area contributed by atoms with Gasteiger partial charge in [-0.3, -0.25) is 9.88 Å². The number of piperidine rings is 3. The molecule has 4 nitrogen and oxygen atoms in total. The first-order chi connectivity index (χ1) is 18.4. The molecular weight excluding hydrogens is 538 g/mol. The first kappa shape index (κ1) is 27.4. The first-order valence-electron chi connectivity index (χ1n) is 12.5. The number of halogens is 6. The molecule has 1 aromatic heterocycles. The molecule has 5 atom stereocenters. The average Bonchev–Trinajstić information content (AvgIpc) is 2.90. The van der Waals surface area contributed by atoms with Gasteiger partial charge in [-0.15, -0.1) is 6.58 Å². The zero-order valence-electron chi connectivity index (χ0n) is 20.7. The van der Waals surface area contributed by atoms with E-state index in [0.717, 1.165) is 42.4 Å². The Morgan fingerprint density at radius 1 is 1.05 bits per heavy atom. The third kappa shape index (κ3) is 5.74. The average molecular weight is 565 g/mol. The van der Waals surface area contributed by atoms with E-state index in [4.69, 9.17) is 12.2 Å². The zero-order chi connectivity index (χ0) is 27.9. The molecule has 0 aliphatic carbocycles. The number of para-hydroxylation sites is 1. The standard InChI is InChI=1S/C28H26F6N4S/c1-2-16-15-38-10-8-17(16)11-24(38)25(22-7-9-35-23-6-4-3-5-21(22)23)37-26(39)36-20-13-18(27(29,30)31)12-19(14-20)28(32,33)34/h2-7,9,12-14,16-17,24-25H,1,8,10-11,15H2,(H2,36,37,39)/t16-,17?,24+,25?/m1/s1. The maximum atomic E-state index is 13.4. The largest absolute Gasteiger partial charge is 0.416 e.